The molecule has 3 heterocycles. The summed E-state index contributed by atoms with van der Waals surface area (Å²) in [5.74, 6) is 0.293. The van der Waals surface area contributed by atoms with Crippen LogP contribution in [0.1, 0.15) is 42.6 Å². The largest absolute Gasteiger partial charge is 0.445 e. The van der Waals surface area contributed by atoms with Crippen LogP contribution in [0.15, 0.2) is 42.7 Å². The molecule has 0 saturated carbocycles. The molecule has 0 bridgehead atoms. The van der Waals surface area contributed by atoms with E-state index in [1.54, 1.807) is 24.4 Å². The molecular weight excluding hydrogens is 564 g/mol. The van der Waals surface area contributed by atoms with Crippen LogP contribution < -0.4 is 10.6 Å². The van der Waals surface area contributed by atoms with Crippen LogP contribution in [0.5, 0.6) is 0 Å². The number of aromatic nitrogens is 3. The van der Waals surface area contributed by atoms with Gasteiger partial charge in [0, 0.05) is 52.7 Å². The molecule has 12 heteroatoms. The Balaban J connectivity index is 1.48. The first kappa shape index (κ1) is 32.4. The lowest BCUT2D eigenvalue weighted by Gasteiger charge is -2.37. The molecular formula is C31H46N6O5Si. The molecule has 1 fully saturated rings. The molecule has 11 nitrogen and oxygen atoms in total. The Morgan fingerprint density at radius 2 is 1.93 bits per heavy atom. The van der Waals surface area contributed by atoms with E-state index in [2.05, 4.69) is 35.3 Å². The molecule has 3 aromatic rings. The van der Waals surface area contributed by atoms with E-state index in [0.29, 0.717) is 42.3 Å². The van der Waals surface area contributed by atoms with Crippen molar-refractivity contribution in [3.63, 3.8) is 0 Å². The summed E-state index contributed by atoms with van der Waals surface area (Å²) in [6.45, 7) is 12.9. The zero-order valence-corrected chi connectivity index (χ0v) is 27.3. The molecule has 0 radical (unpaired) electrons. The van der Waals surface area contributed by atoms with Crippen molar-refractivity contribution in [3.05, 3.63) is 53.9 Å². The van der Waals surface area contributed by atoms with Gasteiger partial charge in [-0.15, -0.1) is 0 Å². The number of carbonyl (C=O) groups is 2. The molecule has 2 amide bonds. The number of methoxy groups -OCH3 is 1. The standard InChI is InChI=1S/C31H46N6O5Si/c1-22(19-40-3)33-30(38)26-18-36(21-41-14-15-43(4,5)6)29-28(26)35-27(16-32-29)34-25-13-12-23(2)37(17-25)31(39)42-20-24-10-8-7-9-11-24/h7-11,16,18,22-23,25H,12-15,17,19-21H2,1-6H3,(H,33,38)(H,34,35)/t22-,23?,25?/m1/s1. The summed E-state index contributed by atoms with van der Waals surface area (Å²) in [5.41, 5.74) is 2.44. The fraction of sp³-hybridized carbons (Fsp3) is 0.548. The number of benzene rings is 1. The van der Waals surface area contributed by atoms with Crippen molar-refractivity contribution in [2.45, 2.75) is 83.8 Å². The van der Waals surface area contributed by atoms with Gasteiger partial charge in [-0.3, -0.25) is 4.79 Å². The van der Waals surface area contributed by atoms with Crippen molar-refractivity contribution in [1.29, 1.82) is 0 Å². The van der Waals surface area contributed by atoms with E-state index in [0.717, 1.165) is 24.4 Å². The van der Waals surface area contributed by atoms with E-state index in [1.807, 2.05) is 48.7 Å². The van der Waals surface area contributed by atoms with E-state index in [4.69, 9.17) is 19.2 Å². The van der Waals surface area contributed by atoms with E-state index in [1.165, 1.54) is 0 Å². The van der Waals surface area contributed by atoms with Crippen LogP contribution in [0, 0.1) is 0 Å². The van der Waals surface area contributed by atoms with Crippen molar-refractivity contribution in [2.24, 2.45) is 0 Å². The molecule has 1 saturated heterocycles. The quantitative estimate of drug-likeness (QED) is 0.202. The summed E-state index contributed by atoms with van der Waals surface area (Å²) < 4.78 is 18.6. The molecule has 0 aliphatic carbocycles. The van der Waals surface area contributed by atoms with Crippen LogP contribution in [-0.2, 0) is 27.5 Å². The highest BCUT2D eigenvalue weighted by Crippen LogP contribution is 2.24. The highest BCUT2D eigenvalue weighted by molar-refractivity contribution is 6.76. The predicted octanol–water partition coefficient (Wildman–Crippen LogP) is 5.11. The second-order valence-corrected chi connectivity index (χ2v) is 18.2. The van der Waals surface area contributed by atoms with Crippen LogP contribution in [0.25, 0.3) is 11.2 Å². The Kier molecular flexibility index (Phi) is 11.2. The lowest BCUT2D eigenvalue weighted by molar-refractivity contribution is 0.0695. The van der Waals surface area contributed by atoms with Crippen LogP contribution in [0.3, 0.4) is 0 Å². The number of nitrogens with one attached hydrogen (secondary N) is 2. The molecule has 2 N–H and O–H groups in total. The summed E-state index contributed by atoms with van der Waals surface area (Å²) in [7, 11) is 0.370. The first-order valence-electron chi connectivity index (χ1n) is 15.0. The third-order valence-electron chi connectivity index (χ3n) is 7.50. The average molecular weight is 611 g/mol. The normalized spacial score (nSPS) is 18.0. The van der Waals surface area contributed by atoms with Gasteiger partial charge < -0.3 is 34.3 Å². The first-order chi connectivity index (χ1) is 20.5. The molecule has 43 heavy (non-hydrogen) atoms. The molecule has 3 atom stereocenters. The van der Waals surface area contributed by atoms with Gasteiger partial charge in [0.1, 0.15) is 24.7 Å². The fourth-order valence-electron chi connectivity index (χ4n) is 5.01. The first-order valence-corrected chi connectivity index (χ1v) is 18.7. The lowest BCUT2D eigenvalue weighted by Crippen LogP contribution is -2.49. The molecule has 0 spiro atoms. The third kappa shape index (κ3) is 9.25. The predicted molar refractivity (Wildman–Crippen MR) is 170 cm³/mol. The van der Waals surface area contributed by atoms with Crippen molar-refractivity contribution >= 4 is 37.1 Å². The van der Waals surface area contributed by atoms with Gasteiger partial charge in [-0.2, -0.15) is 0 Å². The van der Waals surface area contributed by atoms with Crippen LogP contribution in [0.2, 0.25) is 25.7 Å². The maximum Gasteiger partial charge on any atom is 0.410 e. The number of nitrogens with zero attached hydrogens (tertiary/aromatic N) is 4. The minimum Gasteiger partial charge on any atom is -0.445 e. The number of carbonyl (C=O) groups excluding carboxylic acids is 2. The van der Waals surface area contributed by atoms with Gasteiger partial charge >= 0.3 is 6.09 Å². The average Bonchev–Trinajstić information content (AvgIpc) is 3.33. The minimum absolute atomic E-state index is 0.0433. The van der Waals surface area contributed by atoms with Gasteiger partial charge in [-0.25, -0.2) is 14.8 Å². The van der Waals surface area contributed by atoms with E-state index >= 15 is 0 Å². The molecule has 4 rings (SSSR count). The molecule has 234 valence electrons. The van der Waals surface area contributed by atoms with E-state index in [9.17, 15) is 9.59 Å². The molecule has 1 aliphatic rings. The SMILES string of the molecule is COC[C@@H](C)NC(=O)c1cn(COCC[Si](C)(C)C)c2ncc(NC3CCC(C)N(C(=O)OCc4ccccc4)C3)nc12. The smallest absolute Gasteiger partial charge is 0.410 e. The Morgan fingerprint density at radius 1 is 1.16 bits per heavy atom. The van der Waals surface area contributed by atoms with Crippen molar-refractivity contribution in [2.75, 3.05) is 32.2 Å². The monoisotopic (exact) mass is 610 g/mol. The van der Waals surface area contributed by atoms with E-state index in [-0.39, 0.29) is 43.5 Å². The number of ether oxygens (including phenoxy) is 3. The van der Waals surface area contributed by atoms with Gasteiger partial charge in [-0.05, 0) is 38.3 Å². The van der Waals surface area contributed by atoms with E-state index < -0.39 is 8.07 Å². The van der Waals surface area contributed by atoms with Gasteiger partial charge in [0.15, 0.2) is 5.65 Å². The second kappa shape index (κ2) is 14.8. The summed E-state index contributed by atoms with van der Waals surface area (Å²) in [5, 5.41) is 6.43. The van der Waals surface area contributed by atoms with Gasteiger partial charge in [0.05, 0.1) is 18.4 Å². The fourth-order valence-corrected chi connectivity index (χ4v) is 5.77. The zero-order chi connectivity index (χ0) is 31.0. The topological polar surface area (TPSA) is 120 Å². The molecule has 2 unspecified atom stereocenters. The number of hydrogen-bond donors (Lipinski definition) is 2. The lowest BCUT2D eigenvalue weighted by atomic mass is 10.00. The maximum atomic E-state index is 13.3. The number of likely N-dealkylation sites (tertiary alicyclic amines) is 1. The molecule has 1 aliphatic heterocycles. The number of rotatable bonds is 13. The third-order valence-corrected chi connectivity index (χ3v) is 9.21. The van der Waals surface area contributed by atoms with Gasteiger partial charge in [0.2, 0.25) is 0 Å². The zero-order valence-electron chi connectivity index (χ0n) is 26.3. The number of anilines is 1. The van der Waals surface area contributed by atoms with Crippen molar-refractivity contribution in [3.8, 4) is 0 Å². The summed E-state index contributed by atoms with van der Waals surface area (Å²) in [6, 6.07) is 10.6. The van der Waals surface area contributed by atoms with Crippen LogP contribution >= 0.6 is 0 Å². The molecule has 1 aromatic carbocycles. The van der Waals surface area contributed by atoms with Gasteiger partial charge in [-0.1, -0.05) is 50.0 Å². The maximum absolute atomic E-state index is 13.3. The number of hydrogen-bond acceptors (Lipinski definition) is 8. The van der Waals surface area contributed by atoms with Crippen LogP contribution in [0.4, 0.5) is 10.6 Å². The Hall–Kier alpha value is -3.48. The second-order valence-electron chi connectivity index (χ2n) is 12.6. The minimum atomic E-state index is -1.23. The van der Waals surface area contributed by atoms with Crippen molar-refractivity contribution in [1.82, 2.24) is 24.8 Å². The summed E-state index contributed by atoms with van der Waals surface area (Å²) in [4.78, 5) is 37.5. The Morgan fingerprint density at radius 3 is 2.65 bits per heavy atom. The summed E-state index contributed by atoms with van der Waals surface area (Å²) >= 11 is 0. The van der Waals surface area contributed by atoms with Crippen molar-refractivity contribution < 1.29 is 23.8 Å². The van der Waals surface area contributed by atoms with Crippen LogP contribution in [-0.4, -0.2) is 84.5 Å². The van der Waals surface area contributed by atoms with Gasteiger partial charge in [0.25, 0.3) is 5.91 Å². The number of piperidine rings is 1. The number of amides is 2. The molecule has 2 aromatic heterocycles. The summed E-state index contributed by atoms with van der Waals surface area (Å²) in [6.07, 6.45) is 4.78. The highest BCUT2D eigenvalue weighted by Gasteiger charge is 2.30. The number of fused-ring (bicyclic) bond motifs is 1. The Bertz CT molecular complexity index is 1360. The highest BCUT2D eigenvalue weighted by atomic mass is 28.3. The Labute approximate surface area is 255 Å².